The van der Waals surface area contributed by atoms with Crippen LogP contribution < -0.4 is 4.74 Å². The highest BCUT2D eigenvalue weighted by Gasteiger charge is 2.32. The normalized spacial score (nSPS) is 19.1. The van der Waals surface area contributed by atoms with Crippen LogP contribution in [-0.4, -0.2) is 53.8 Å². The standard InChI is InChI=1S/C17H23N3O4S2/c1-3-19(13-9-10-26(21,22)11-13)12-20-17(25)24-16(18-20)14-7-5-6-8-15(14)23-4-2/h5-8,13H,3-4,9-12H2,1-2H3/t13-/m0/s1. The molecule has 0 bridgehead atoms. The van der Waals surface area contributed by atoms with Crippen LogP contribution in [-0.2, 0) is 16.5 Å². The Labute approximate surface area is 158 Å². The zero-order valence-electron chi connectivity index (χ0n) is 14.9. The van der Waals surface area contributed by atoms with Gasteiger partial charge < -0.3 is 9.15 Å². The summed E-state index contributed by atoms with van der Waals surface area (Å²) in [5.74, 6) is 1.51. The second-order valence-electron chi connectivity index (χ2n) is 6.21. The van der Waals surface area contributed by atoms with Gasteiger partial charge in [-0.05, 0) is 44.2 Å². The zero-order chi connectivity index (χ0) is 18.7. The van der Waals surface area contributed by atoms with Crippen LogP contribution in [0.5, 0.6) is 5.75 Å². The first-order valence-corrected chi connectivity index (χ1v) is 10.9. The summed E-state index contributed by atoms with van der Waals surface area (Å²) in [5.41, 5.74) is 0.741. The number of para-hydroxylation sites is 1. The molecular weight excluding hydrogens is 374 g/mol. The molecule has 0 aliphatic carbocycles. The van der Waals surface area contributed by atoms with Crippen LogP contribution in [0, 0.1) is 4.84 Å². The summed E-state index contributed by atoms with van der Waals surface area (Å²) in [5, 5.41) is 4.49. The Kier molecular flexibility index (Phi) is 5.79. The molecule has 0 N–H and O–H groups in total. The first-order chi connectivity index (χ1) is 12.4. The molecule has 1 saturated heterocycles. The van der Waals surface area contributed by atoms with E-state index in [-0.39, 0.29) is 22.4 Å². The molecule has 7 nitrogen and oxygen atoms in total. The van der Waals surface area contributed by atoms with Crippen molar-refractivity contribution in [2.75, 3.05) is 24.7 Å². The van der Waals surface area contributed by atoms with Gasteiger partial charge in [0.25, 0.3) is 10.7 Å². The van der Waals surface area contributed by atoms with Crippen molar-refractivity contribution in [3.63, 3.8) is 0 Å². The van der Waals surface area contributed by atoms with Gasteiger partial charge in [-0.1, -0.05) is 19.1 Å². The quantitative estimate of drug-likeness (QED) is 0.665. The van der Waals surface area contributed by atoms with Crippen LogP contribution in [0.2, 0.25) is 0 Å². The van der Waals surface area contributed by atoms with E-state index in [9.17, 15) is 8.42 Å². The molecule has 3 rings (SSSR count). The van der Waals surface area contributed by atoms with Crippen molar-refractivity contribution in [3.05, 3.63) is 29.1 Å². The van der Waals surface area contributed by atoms with Crippen LogP contribution in [0.15, 0.2) is 28.7 Å². The molecule has 1 aliphatic heterocycles. The Morgan fingerprint density at radius 2 is 2.15 bits per heavy atom. The molecule has 1 aromatic heterocycles. The molecule has 2 aromatic rings. The van der Waals surface area contributed by atoms with Crippen LogP contribution in [0.4, 0.5) is 0 Å². The van der Waals surface area contributed by atoms with Crippen molar-refractivity contribution in [1.82, 2.24) is 14.7 Å². The van der Waals surface area contributed by atoms with Crippen molar-refractivity contribution >= 4 is 22.1 Å². The smallest absolute Gasteiger partial charge is 0.288 e. The van der Waals surface area contributed by atoms with Gasteiger partial charge in [-0.15, -0.1) is 5.10 Å². The molecule has 1 atom stereocenters. The average molecular weight is 398 g/mol. The van der Waals surface area contributed by atoms with Gasteiger partial charge in [0, 0.05) is 6.04 Å². The van der Waals surface area contributed by atoms with E-state index in [2.05, 4.69) is 10.00 Å². The van der Waals surface area contributed by atoms with Gasteiger partial charge in [-0.25, -0.2) is 13.1 Å². The van der Waals surface area contributed by atoms with E-state index in [0.29, 0.717) is 37.9 Å². The van der Waals surface area contributed by atoms with Gasteiger partial charge in [0.2, 0.25) is 0 Å². The number of nitrogens with zero attached hydrogens (tertiary/aromatic N) is 3. The lowest BCUT2D eigenvalue weighted by Gasteiger charge is -2.25. The third-order valence-corrected chi connectivity index (χ3v) is 6.51. The highest BCUT2D eigenvalue weighted by molar-refractivity contribution is 7.91. The molecular formula is C17H23N3O4S2. The fourth-order valence-electron chi connectivity index (χ4n) is 3.14. The third kappa shape index (κ3) is 4.16. The van der Waals surface area contributed by atoms with E-state index < -0.39 is 9.84 Å². The molecule has 142 valence electrons. The summed E-state index contributed by atoms with van der Waals surface area (Å²) < 4.78 is 36.4. The average Bonchev–Trinajstić information content (AvgIpc) is 3.15. The number of hydrogen-bond donors (Lipinski definition) is 0. The van der Waals surface area contributed by atoms with Gasteiger partial charge >= 0.3 is 0 Å². The highest BCUT2D eigenvalue weighted by Crippen LogP contribution is 2.29. The largest absolute Gasteiger partial charge is 0.493 e. The second-order valence-corrected chi connectivity index (χ2v) is 8.78. The van der Waals surface area contributed by atoms with Gasteiger partial charge in [0.1, 0.15) is 5.75 Å². The maximum atomic E-state index is 11.8. The van der Waals surface area contributed by atoms with E-state index in [4.69, 9.17) is 21.4 Å². The summed E-state index contributed by atoms with van der Waals surface area (Å²) in [6.45, 7) is 5.56. The molecule has 0 amide bonds. The monoisotopic (exact) mass is 397 g/mol. The summed E-state index contributed by atoms with van der Waals surface area (Å²) in [6, 6.07) is 7.49. The van der Waals surface area contributed by atoms with Gasteiger partial charge in [0.05, 0.1) is 30.3 Å². The lowest BCUT2D eigenvalue weighted by Crippen LogP contribution is -2.37. The first kappa shape index (κ1) is 19.1. The molecule has 1 fully saturated rings. The van der Waals surface area contributed by atoms with Gasteiger partial charge in [-0.2, -0.15) is 0 Å². The van der Waals surface area contributed by atoms with Crippen molar-refractivity contribution in [2.45, 2.75) is 33.0 Å². The minimum absolute atomic E-state index is 0.0113. The van der Waals surface area contributed by atoms with E-state index in [1.807, 2.05) is 38.1 Å². The Bertz CT molecular complexity index is 920. The highest BCUT2D eigenvalue weighted by atomic mass is 32.2. The van der Waals surface area contributed by atoms with Crippen LogP contribution in [0.3, 0.4) is 0 Å². The molecule has 9 heteroatoms. The van der Waals surface area contributed by atoms with Crippen molar-refractivity contribution in [3.8, 4) is 17.2 Å². The predicted octanol–water partition coefficient (Wildman–Crippen LogP) is 2.74. The molecule has 1 aliphatic rings. The fourth-order valence-corrected chi connectivity index (χ4v) is 5.08. The molecule has 1 aromatic carbocycles. The lowest BCUT2D eigenvalue weighted by atomic mass is 10.2. The third-order valence-electron chi connectivity index (χ3n) is 4.47. The number of aromatic nitrogens is 2. The Morgan fingerprint density at radius 1 is 1.38 bits per heavy atom. The summed E-state index contributed by atoms with van der Waals surface area (Å²) in [7, 11) is -2.94. The summed E-state index contributed by atoms with van der Waals surface area (Å²) >= 11 is 5.31. The van der Waals surface area contributed by atoms with Crippen LogP contribution in [0.1, 0.15) is 20.3 Å². The number of benzene rings is 1. The minimum atomic E-state index is -2.94. The van der Waals surface area contributed by atoms with E-state index in [1.165, 1.54) is 0 Å². The molecule has 2 heterocycles. The van der Waals surface area contributed by atoms with Crippen LogP contribution in [0.25, 0.3) is 11.5 Å². The SMILES string of the molecule is CCOc1ccccc1-c1nn(CN(CC)[C@H]2CCS(=O)(=O)C2)c(=S)o1. The summed E-state index contributed by atoms with van der Waals surface area (Å²) in [4.78, 5) is 2.33. The minimum Gasteiger partial charge on any atom is -0.493 e. The molecule has 0 saturated carbocycles. The summed E-state index contributed by atoms with van der Waals surface area (Å²) in [6.07, 6.45) is 0.640. The second kappa shape index (κ2) is 7.89. The van der Waals surface area contributed by atoms with E-state index in [0.717, 1.165) is 5.56 Å². The topological polar surface area (TPSA) is 77.6 Å². The number of ether oxygens (including phenoxy) is 1. The van der Waals surface area contributed by atoms with Crippen LogP contribution >= 0.6 is 12.2 Å². The Morgan fingerprint density at radius 3 is 2.81 bits per heavy atom. The van der Waals surface area contributed by atoms with E-state index in [1.54, 1.807) is 4.68 Å². The number of rotatable bonds is 7. The predicted molar refractivity (Wildman–Crippen MR) is 101 cm³/mol. The number of hydrogen-bond acceptors (Lipinski definition) is 7. The van der Waals surface area contributed by atoms with Gasteiger partial charge in [0.15, 0.2) is 9.84 Å². The van der Waals surface area contributed by atoms with Crippen molar-refractivity contribution < 1.29 is 17.6 Å². The lowest BCUT2D eigenvalue weighted by molar-refractivity contribution is 0.162. The fraction of sp³-hybridized carbons (Fsp3) is 0.529. The van der Waals surface area contributed by atoms with E-state index >= 15 is 0 Å². The Balaban J connectivity index is 1.83. The Hall–Kier alpha value is -1.71. The zero-order valence-corrected chi connectivity index (χ0v) is 16.6. The number of sulfone groups is 1. The van der Waals surface area contributed by atoms with Crippen molar-refractivity contribution in [1.29, 1.82) is 0 Å². The van der Waals surface area contributed by atoms with Gasteiger partial charge in [-0.3, -0.25) is 4.90 Å². The molecule has 0 spiro atoms. The first-order valence-electron chi connectivity index (χ1n) is 8.68. The maximum absolute atomic E-state index is 11.8. The van der Waals surface area contributed by atoms with Crippen molar-refractivity contribution in [2.24, 2.45) is 0 Å². The molecule has 0 radical (unpaired) electrons. The molecule has 0 unspecified atom stereocenters. The maximum Gasteiger partial charge on any atom is 0.288 e. The molecule has 26 heavy (non-hydrogen) atoms.